The molecule has 0 fully saturated rings. The SMILES string of the molecule is COC(=O)C(O)c1c(C)c(C)c(OC)c(Cl)c1C. The highest BCUT2D eigenvalue weighted by Crippen LogP contribution is 2.39. The summed E-state index contributed by atoms with van der Waals surface area (Å²) in [5, 5.41) is 10.4. The van der Waals surface area contributed by atoms with Crippen LogP contribution in [0.15, 0.2) is 0 Å². The normalized spacial score (nSPS) is 12.2. The highest BCUT2D eigenvalue weighted by atomic mass is 35.5. The van der Waals surface area contributed by atoms with Crippen molar-refractivity contribution in [1.29, 1.82) is 0 Å². The van der Waals surface area contributed by atoms with Crippen LogP contribution in [0.1, 0.15) is 28.4 Å². The molecule has 18 heavy (non-hydrogen) atoms. The van der Waals surface area contributed by atoms with Crippen LogP contribution >= 0.6 is 11.6 Å². The van der Waals surface area contributed by atoms with Crippen LogP contribution in [0.2, 0.25) is 5.02 Å². The Morgan fingerprint density at radius 1 is 1.17 bits per heavy atom. The van der Waals surface area contributed by atoms with Crippen molar-refractivity contribution in [1.82, 2.24) is 0 Å². The fraction of sp³-hybridized carbons (Fsp3) is 0.462. The van der Waals surface area contributed by atoms with Gasteiger partial charge < -0.3 is 14.6 Å². The fourth-order valence-corrected chi connectivity index (χ4v) is 2.31. The summed E-state index contributed by atoms with van der Waals surface area (Å²) in [7, 11) is 2.76. The Kier molecular flexibility index (Phi) is 4.59. The van der Waals surface area contributed by atoms with Gasteiger partial charge in [0.2, 0.25) is 0 Å². The highest BCUT2D eigenvalue weighted by molar-refractivity contribution is 6.33. The van der Waals surface area contributed by atoms with E-state index in [0.29, 0.717) is 21.9 Å². The van der Waals surface area contributed by atoms with Crippen LogP contribution in [-0.2, 0) is 9.53 Å². The maximum absolute atomic E-state index is 11.4. The number of benzene rings is 1. The molecule has 100 valence electrons. The number of aliphatic hydroxyl groups excluding tert-OH is 1. The average molecular weight is 273 g/mol. The van der Waals surface area contributed by atoms with Crippen molar-refractivity contribution < 1.29 is 19.4 Å². The number of esters is 1. The summed E-state index contributed by atoms with van der Waals surface area (Å²) in [6, 6.07) is 0. The van der Waals surface area contributed by atoms with Crippen LogP contribution in [0.4, 0.5) is 0 Å². The zero-order valence-electron chi connectivity index (χ0n) is 11.1. The van der Waals surface area contributed by atoms with Crippen molar-refractivity contribution in [3.05, 3.63) is 27.3 Å². The predicted octanol–water partition coefficient (Wildman–Crippen LogP) is 2.48. The second-order valence-corrected chi connectivity index (χ2v) is 4.44. The Morgan fingerprint density at radius 3 is 2.17 bits per heavy atom. The summed E-state index contributed by atoms with van der Waals surface area (Å²) >= 11 is 6.18. The second-order valence-electron chi connectivity index (χ2n) is 4.06. The Balaban J connectivity index is 3.51. The third-order valence-corrected chi connectivity index (χ3v) is 3.60. The molecule has 0 amide bonds. The molecule has 0 aromatic heterocycles. The molecule has 0 bridgehead atoms. The lowest BCUT2D eigenvalue weighted by Gasteiger charge is -2.20. The lowest BCUT2D eigenvalue weighted by atomic mass is 9.93. The Bertz CT molecular complexity index is 453. The van der Waals surface area contributed by atoms with E-state index in [0.717, 1.165) is 11.1 Å². The first-order chi connectivity index (χ1) is 8.36. The van der Waals surface area contributed by atoms with Crippen molar-refractivity contribution in [3.63, 3.8) is 0 Å². The minimum Gasteiger partial charge on any atom is -0.495 e. The topological polar surface area (TPSA) is 55.8 Å². The van der Waals surface area contributed by atoms with Gasteiger partial charge in [0.15, 0.2) is 6.10 Å². The van der Waals surface area contributed by atoms with Crippen molar-refractivity contribution in [2.45, 2.75) is 26.9 Å². The third-order valence-electron chi connectivity index (χ3n) is 3.14. The van der Waals surface area contributed by atoms with Crippen LogP contribution in [0.25, 0.3) is 0 Å². The van der Waals surface area contributed by atoms with Crippen LogP contribution in [0.5, 0.6) is 5.75 Å². The average Bonchev–Trinajstić information content (AvgIpc) is 2.36. The standard InChI is InChI=1S/C13H17ClO4/c1-6-7(2)12(17-4)10(14)8(3)9(6)11(15)13(16)18-5/h11,15H,1-5H3. The first-order valence-corrected chi connectivity index (χ1v) is 5.83. The van der Waals surface area contributed by atoms with Crippen LogP contribution in [-0.4, -0.2) is 25.3 Å². The molecule has 1 aromatic carbocycles. The summed E-state index contributed by atoms with van der Waals surface area (Å²) in [6.45, 7) is 5.37. The van der Waals surface area contributed by atoms with E-state index in [4.69, 9.17) is 16.3 Å². The lowest BCUT2D eigenvalue weighted by molar-refractivity contribution is -0.150. The summed E-state index contributed by atoms with van der Waals surface area (Å²) in [4.78, 5) is 11.4. The largest absolute Gasteiger partial charge is 0.495 e. The Labute approximate surface area is 111 Å². The quantitative estimate of drug-likeness (QED) is 0.859. The summed E-state index contributed by atoms with van der Waals surface area (Å²) in [6.07, 6.45) is -1.34. The van der Waals surface area contributed by atoms with E-state index in [2.05, 4.69) is 4.74 Å². The maximum atomic E-state index is 11.4. The zero-order chi connectivity index (χ0) is 14.0. The molecule has 5 heteroatoms. The van der Waals surface area contributed by atoms with Gasteiger partial charge in [0, 0.05) is 0 Å². The van der Waals surface area contributed by atoms with E-state index in [1.165, 1.54) is 14.2 Å². The first kappa shape index (κ1) is 14.8. The van der Waals surface area contributed by atoms with Crippen LogP contribution < -0.4 is 4.74 Å². The van der Waals surface area contributed by atoms with Gasteiger partial charge >= 0.3 is 5.97 Å². The molecule has 0 saturated heterocycles. The van der Waals surface area contributed by atoms with Crippen molar-refractivity contribution in [2.24, 2.45) is 0 Å². The van der Waals surface area contributed by atoms with Gasteiger partial charge in [-0.1, -0.05) is 11.6 Å². The molecule has 0 aliphatic heterocycles. The molecule has 1 N–H and O–H groups in total. The van der Waals surface area contributed by atoms with Crippen molar-refractivity contribution >= 4 is 17.6 Å². The summed E-state index contributed by atoms with van der Waals surface area (Å²) < 4.78 is 9.78. The molecule has 0 heterocycles. The molecule has 0 spiro atoms. The highest BCUT2D eigenvalue weighted by Gasteiger charge is 2.26. The first-order valence-electron chi connectivity index (χ1n) is 5.45. The van der Waals surface area contributed by atoms with E-state index < -0.39 is 12.1 Å². The van der Waals surface area contributed by atoms with E-state index in [1.807, 2.05) is 13.8 Å². The zero-order valence-corrected chi connectivity index (χ0v) is 11.9. The number of halogens is 1. The number of hydrogen-bond acceptors (Lipinski definition) is 4. The van der Waals surface area contributed by atoms with E-state index in [-0.39, 0.29) is 0 Å². The molecule has 1 unspecified atom stereocenters. The molecular formula is C13H17ClO4. The van der Waals surface area contributed by atoms with E-state index >= 15 is 0 Å². The molecular weight excluding hydrogens is 256 g/mol. The minimum absolute atomic E-state index is 0.401. The summed E-state index contributed by atoms with van der Waals surface area (Å²) in [5.74, 6) is -0.144. The molecule has 4 nitrogen and oxygen atoms in total. The number of methoxy groups -OCH3 is 2. The molecule has 0 radical (unpaired) electrons. The van der Waals surface area contributed by atoms with E-state index in [1.54, 1.807) is 6.92 Å². The molecule has 0 saturated carbocycles. The molecule has 1 rings (SSSR count). The third kappa shape index (κ3) is 2.31. The molecule has 1 aromatic rings. The fourth-order valence-electron chi connectivity index (χ4n) is 1.99. The van der Waals surface area contributed by atoms with E-state index in [9.17, 15) is 9.90 Å². The van der Waals surface area contributed by atoms with Gasteiger partial charge in [0.25, 0.3) is 0 Å². The van der Waals surface area contributed by atoms with Crippen molar-refractivity contribution in [3.8, 4) is 5.75 Å². The number of aliphatic hydroxyl groups is 1. The molecule has 1 atom stereocenters. The van der Waals surface area contributed by atoms with Gasteiger partial charge in [-0.15, -0.1) is 0 Å². The Morgan fingerprint density at radius 2 is 1.72 bits per heavy atom. The van der Waals surface area contributed by atoms with Gasteiger partial charge in [-0.25, -0.2) is 4.79 Å². The number of carbonyl (C=O) groups is 1. The lowest BCUT2D eigenvalue weighted by Crippen LogP contribution is -2.17. The van der Waals surface area contributed by atoms with Gasteiger partial charge in [-0.2, -0.15) is 0 Å². The van der Waals surface area contributed by atoms with Gasteiger partial charge in [0.1, 0.15) is 5.75 Å². The summed E-state index contributed by atoms with van der Waals surface area (Å²) in [5.41, 5.74) is 2.66. The van der Waals surface area contributed by atoms with Crippen LogP contribution in [0.3, 0.4) is 0 Å². The number of rotatable bonds is 3. The number of carbonyl (C=O) groups excluding carboxylic acids is 1. The maximum Gasteiger partial charge on any atom is 0.339 e. The van der Waals surface area contributed by atoms with Gasteiger partial charge in [-0.3, -0.25) is 0 Å². The molecule has 0 aliphatic carbocycles. The number of ether oxygens (including phenoxy) is 2. The predicted molar refractivity (Wildman–Crippen MR) is 69.2 cm³/mol. The monoisotopic (exact) mass is 272 g/mol. The molecule has 0 aliphatic rings. The van der Waals surface area contributed by atoms with Crippen LogP contribution in [0, 0.1) is 20.8 Å². The van der Waals surface area contributed by atoms with Gasteiger partial charge in [0.05, 0.1) is 19.2 Å². The number of hydrogen-bond donors (Lipinski definition) is 1. The minimum atomic E-state index is -1.34. The van der Waals surface area contributed by atoms with Gasteiger partial charge in [-0.05, 0) is 43.0 Å². The Hall–Kier alpha value is -1.26. The smallest absolute Gasteiger partial charge is 0.339 e. The van der Waals surface area contributed by atoms with Crippen molar-refractivity contribution in [2.75, 3.05) is 14.2 Å². The second kappa shape index (κ2) is 5.59.